The van der Waals surface area contributed by atoms with Gasteiger partial charge in [0.05, 0.1) is 12.5 Å². The monoisotopic (exact) mass is 242 g/mol. The molecule has 0 radical (unpaired) electrons. The Balaban J connectivity index is 2.28. The van der Waals surface area contributed by atoms with Gasteiger partial charge >= 0.3 is 5.97 Å². The van der Waals surface area contributed by atoms with Crippen LogP contribution in [0.4, 0.5) is 0 Å². The van der Waals surface area contributed by atoms with Gasteiger partial charge in [-0.1, -0.05) is 13.8 Å². The van der Waals surface area contributed by atoms with E-state index >= 15 is 0 Å². The summed E-state index contributed by atoms with van der Waals surface area (Å²) in [5.74, 6) is 0.491. The molecule has 1 N–H and O–H groups in total. The second-order valence-corrected chi connectivity index (χ2v) is 5.20. The Kier molecular flexibility index (Phi) is 5.92. The van der Waals surface area contributed by atoms with E-state index in [-0.39, 0.29) is 11.9 Å². The van der Waals surface area contributed by atoms with Gasteiger partial charge in [-0.15, -0.1) is 0 Å². The standard InChI is InChI=1S/C13H26N2O2/c1-5-17-13(16)10(2)8-14-12-6-7-15(4)9-11(12)3/h10-12,14H,5-9H2,1-4H3. The summed E-state index contributed by atoms with van der Waals surface area (Å²) in [6.45, 7) is 9.48. The molecular formula is C13H26N2O2. The van der Waals surface area contributed by atoms with Gasteiger partial charge in [-0.3, -0.25) is 4.79 Å². The molecular weight excluding hydrogens is 216 g/mol. The number of carbonyl (C=O) groups is 1. The quantitative estimate of drug-likeness (QED) is 0.734. The van der Waals surface area contributed by atoms with Crippen molar-refractivity contribution in [2.24, 2.45) is 11.8 Å². The number of hydrogen-bond donors (Lipinski definition) is 1. The largest absolute Gasteiger partial charge is 0.466 e. The summed E-state index contributed by atoms with van der Waals surface area (Å²) < 4.78 is 5.00. The molecule has 1 aliphatic heterocycles. The summed E-state index contributed by atoms with van der Waals surface area (Å²) in [4.78, 5) is 13.8. The highest BCUT2D eigenvalue weighted by atomic mass is 16.5. The number of hydrogen-bond acceptors (Lipinski definition) is 4. The van der Waals surface area contributed by atoms with E-state index in [1.807, 2.05) is 13.8 Å². The topological polar surface area (TPSA) is 41.6 Å². The van der Waals surface area contributed by atoms with Crippen molar-refractivity contribution in [1.29, 1.82) is 0 Å². The smallest absolute Gasteiger partial charge is 0.309 e. The van der Waals surface area contributed by atoms with Crippen LogP contribution in [-0.2, 0) is 9.53 Å². The van der Waals surface area contributed by atoms with Gasteiger partial charge in [-0.2, -0.15) is 0 Å². The molecule has 4 heteroatoms. The molecule has 3 unspecified atom stereocenters. The van der Waals surface area contributed by atoms with Crippen LogP contribution in [0.5, 0.6) is 0 Å². The van der Waals surface area contributed by atoms with E-state index in [1.165, 1.54) is 0 Å². The number of carbonyl (C=O) groups excluding carboxylic acids is 1. The molecule has 1 heterocycles. The fourth-order valence-electron chi connectivity index (χ4n) is 2.35. The maximum atomic E-state index is 11.5. The molecule has 1 aliphatic rings. The molecule has 0 aromatic heterocycles. The average Bonchev–Trinajstić information content (AvgIpc) is 2.27. The lowest BCUT2D eigenvalue weighted by Crippen LogP contribution is -2.48. The van der Waals surface area contributed by atoms with E-state index in [0.717, 1.165) is 26.1 Å². The minimum absolute atomic E-state index is 0.0539. The van der Waals surface area contributed by atoms with Crippen LogP contribution in [0.15, 0.2) is 0 Å². The third-order valence-corrected chi connectivity index (χ3v) is 3.48. The molecule has 0 saturated carbocycles. The van der Waals surface area contributed by atoms with Crippen LogP contribution >= 0.6 is 0 Å². The van der Waals surface area contributed by atoms with Crippen molar-refractivity contribution in [3.8, 4) is 0 Å². The molecule has 3 atom stereocenters. The first-order valence-corrected chi connectivity index (χ1v) is 6.63. The van der Waals surface area contributed by atoms with Gasteiger partial charge in [-0.05, 0) is 32.9 Å². The number of esters is 1. The number of ether oxygens (including phenoxy) is 1. The molecule has 0 aromatic rings. The third kappa shape index (κ3) is 4.64. The maximum Gasteiger partial charge on any atom is 0.309 e. The number of piperidine rings is 1. The van der Waals surface area contributed by atoms with Crippen LogP contribution in [0.25, 0.3) is 0 Å². The van der Waals surface area contributed by atoms with Gasteiger partial charge in [0.2, 0.25) is 0 Å². The molecule has 0 bridgehead atoms. The molecule has 1 saturated heterocycles. The Bertz CT molecular complexity index is 246. The first-order chi connectivity index (χ1) is 8.04. The zero-order valence-corrected chi connectivity index (χ0v) is 11.5. The van der Waals surface area contributed by atoms with Gasteiger partial charge in [0.1, 0.15) is 0 Å². The Hall–Kier alpha value is -0.610. The Morgan fingerprint density at radius 1 is 1.59 bits per heavy atom. The summed E-state index contributed by atoms with van der Waals surface area (Å²) in [7, 11) is 2.16. The van der Waals surface area contributed by atoms with Crippen molar-refractivity contribution < 1.29 is 9.53 Å². The van der Waals surface area contributed by atoms with Gasteiger partial charge in [0, 0.05) is 19.1 Å². The van der Waals surface area contributed by atoms with Crippen molar-refractivity contribution in [3.63, 3.8) is 0 Å². The molecule has 0 spiro atoms. The third-order valence-electron chi connectivity index (χ3n) is 3.48. The minimum Gasteiger partial charge on any atom is -0.466 e. The normalized spacial score (nSPS) is 27.8. The van der Waals surface area contributed by atoms with Gasteiger partial charge in [-0.25, -0.2) is 0 Å². The van der Waals surface area contributed by atoms with Crippen molar-refractivity contribution in [1.82, 2.24) is 10.2 Å². The molecule has 0 aromatic carbocycles. The summed E-state index contributed by atoms with van der Waals surface area (Å²) in [5.41, 5.74) is 0. The van der Waals surface area contributed by atoms with Crippen molar-refractivity contribution in [2.75, 3.05) is 33.3 Å². The molecule has 0 amide bonds. The first-order valence-electron chi connectivity index (χ1n) is 6.63. The minimum atomic E-state index is -0.0967. The van der Waals surface area contributed by atoms with E-state index in [9.17, 15) is 4.79 Å². The van der Waals surface area contributed by atoms with Crippen LogP contribution < -0.4 is 5.32 Å². The molecule has 4 nitrogen and oxygen atoms in total. The highest BCUT2D eigenvalue weighted by Gasteiger charge is 2.25. The number of nitrogens with one attached hydrogen (secondary N) is 1. The lowest BCUT2D eigenvalue weighted by molar-refractivity contribution is -0.147. The SMILES string of the molecule is CCOC(=O)C(C)CNC1CCN(C)CC1C. The Morgan fingerprint density at radius 3 is 2.88 bits per heavy atom. The predicted molar refractivity (Wildman–Crippen MR) is 68.9 cm³/mol. The van der Waals surface area contributed by atoms with Crippen LogP contribution in [0, 0.1) is 11.8 Å². The second kappa shape index (κ2) is 6.97. The van der Waals surface area contributed by atoms with Crippen LogP contribution in [0.1, 0.15) is 27.2 Å². The maximum absolute atomic E-state index is 11.5. The van der Waals surface area contributed by atoms with E-state index in [4.69, 9.17) is 4.74 Å². The lowest BCUT2D eigenvalue weighted by Gasteiger charge is -2.35. The lowest BCUT2D eigenvalue weighted by atomic mass is 9.94. The Labute approximate surface area is 105 Å². The summed E-state index contributed by atoms with van der Waals surface area (Å²) in [6.07, 6.45) is 1.16. The predicted octanol–water partition coefficient (Wildman–Crippen LogP) is 1.12. The van der Waals surface area contributed by atoms with Crippen LogP contribution in [-0.4, -0.2) is 50.2 Å². The second-order valence-electron chi connectivity index (χ2n) is 5.20. The number of rotatable bonds is 5. The van der Waals surface area contributed by atoms with Gasteiger partial charge < -0.3 is 15.0 Å². The van der Waals surface area contributed by atoms with Crippen LogP contribution in [0.3, 0.4) is 0 Å². The van der Waals surface area contributed by atoms with Crippen LogP contribution in [0.2, 0.25) is 0 Å². The average molecular weight is 242 g/mol. The van der Waals surface area contributed by atoms with Crippen molar-refractivity contribution in [3.05, 3.63) is 0 Å². The summed E-state index contributed by atoms with van der Waals surface area (Å²) in [6, 6.07) is 0.531. The molecule has 0 aliphatic carbocycles. The highest BCUT2D eigenvalue weighted by molar-refractivity contribution is 5.72. The fraction of sp³-hybridized carbons (Fsp3) is 0.923. The van der Waals surface area contributed by atoms with Crippen molar-refractivity contribution in [2.45, 2.75) is 33.2 Å². The van der Waals surface area contributed by atoms with E-state index in [2.05, 4.69) is 24.2 Å². The molecule has 1 rings (SSSR count). The first kappa shape index (κ1) is 14.5. The molecule has 17 heavy (non-hydrogen) atoms. The summed E-state index contributed by atoms with van der Waals surface area (Å²) in [5, 5.41) is 3.50. The Morgan fingerprint density at radius 2 is 2.29 bits per heavy atom. The van der Waals surface area contributed by atoms with Gasteiger partial charge in [0.15, 0.2) is 0 Å². The van der Waals surface area contributed by atoms with E-state index < -0.39 is 0 Å². The fourth-order valence-corrected chi connectivity index (χ4v) is 2.35. The van der Waals surface area contributed by atoms with E-state index in [0.29, 0.717) is 18.6 Å². The number of nitrogens with zero attached hydrogens (tertiary/aromatic N) is 1. The number of likely N-dealkylation sites (tertiary alicyclic amines) is 1. The molecule has 1 fully saturated rings. The molecule has 100 valence electrons. The zero-order valence-electron chi connectivity index (χ0n) is 11.5. The highest BCUT2D eigenvalue weighted by Crippen LogP contribution is 2.15. The van der Waals surface area contributed by atoms with Gasteiger partial charge in [0.25, 0.3) is 0 Å². The van der Waals surface area contributed by atoms with E-state index in [1.54, 1.807) is 0 Å². The zero-order chi connectivity index (χ0) is 12.8. The van der Waals surface area contributed by atoms with Crippen molar-refractivity contribution >= 4 is 5.97 Å². The summed E-state index contributed by atoms with van der Waals surface area (Å²) >= 11 is 0.